The van der Waals surface area contributed by atoms with Crippen molar-refractivity contribution < 1.29 is 14.3 Å². The van der Waals surface area contributed by atoms with Gasteiger partial charge in [0.15, 0.2) is 0 Å². The van der Waals surface area contributed by atoms with Gasteiger partial charge in [-0.2, -0.15) is 5.10 Å². The lowest BCUT2D eigenvalue weighted by Crippen LogP contribution is -2.52. The number of aryl methyl sites for hydroxylation is 1. The van der Waals surface area contributed by atoms with Gasteiger partial charge in [0.05, 0.1) is 24.9 Å². The number of ether oxygens (including phenoxy) is 2. The first-order valence-electron chi connectivity index (χ1n) is 8.20. The fraction of sp³-hybridized carbons (Fsp3) is 0.412. The topological polar surface area (TPSA) is 106 Å². The van der Waals surface area contributed by atoms with Gasteiger partial charge in [-0.3, -0.25) is 9.59 Å². The van der Waals surface area contributed by atoms with E-state index in [1.54, 1.807) is 18.3 Å². The smallest absolute Gasteiger partial charge is 0.264 e. The minimum atomic E-state index is -0.262. The summed E-state index contributed by atoms with van der Waals surface area (Å²) in [6.45, 7) is 0.991. The Kier molecular flexibility index (Phi) is 5.73. The second-order valence-electron chi connectivity index (χ2n) is 5.77. The average Bonchev–Trinajstić information content (AvgIpc) is 2.64. The number of carbonyl (C=O) groups is 1. The molecule has 0 radical (unpaired) electrons. The molecule has 1 amide bonds. The third-order valence-electron chi connectivity index (χ3n) is 3.89. The van der Waals surface area contributed by atoms with Gasteiger partial charge in [-0.25, -0.2) is 10.1 Å². The van der Waals surface area contributed by atoms with E-state index in [2.05, 4.69) is 20.5 Å². The van der Waals surface area contributed by atoms with E-state index in [0.717, 1.165) is 0 Å². The van der Waals surface area contributed by atoms with E-state index < -0.39 is 0 Å². The lowest BCUT2D eigenvalue weighted by atomic mass is 10.1. The number of hydrogen-bond donors (Lipinski definition) is 2. The number of hydrogen-bond acceptors (Lipinski definition) is 6. The predicted molar refractivity (Wildman–Crippen MR) is 89.2 cm³/mol. The zero-order chi connectivity index (χ0) is 17.5. The van der Waals surface area contributed by atoms with Crippen molar-refractivity contribution >= 4 is 5.91 Å². The number of rotatable bonds is 6. The van der Waals surface area contributed by atoms with Crippen LogP contribution in [0.1, 0.15) is 18.5 Å². The maximum atomic E-state index is 12.2. The van der Waals surface area contributed by atoms with Crippen LogP contribution in [-0.4, -0.2) is 46.4 Å². The Hall–Kier alpha value is -2.74. The second-order valence-corrected chi connectivity index (χ2v) is 5.77. The van der Waals surface area contributed by atoms with Crippen LogP contribution in [0.15, 0.2) is 41.3 Å². The lowest BCUT2D eigenvalue weighted by molar-refractivity contribution is -0.124. The van der Waals surface area contributed by atoms with Crippen LogP contribution >= 0.6 is 0 Å². The van der Waals surface area contributed by atoms with Gasteiger partial charge in [0.1, 0.15) is 6.10 Å². The number of amides is 1. The van der Waals surface area contributed by atoms with E-state index >= 15 is 0 Å². The van der Waals surface area contributed by atoms with Crippen LogP contribution in [0.5, 0.6) is 5.88 Å². The van der Waals surface area contributed by atoms with E-state index in [9.17, 15) is 9.59 Å². The summed E-state index contributed by atoms with van der Waals surface area (Å²) in [5, 5.41) is 9.20. The number of aromatic nitrogens is 3. The molecule has 8 nitrogen and oxygen atoms in total. The summed E-state index contributed by atoms with van der Waals surface area (Å²) in [5.74, 6) is 0.421. The number of H-pyrrole nitrogens is 1. The molecule has 1 saturated heterocycles. The monoisotopic (exact) mass is 344 g/mol. The van der Waals surface area contributed by atoms with Crippen LogP contribution in [-0.2, 0) is 16.0 Å². The van der Waals surface area contributed by atoms with Gasteiger partial charge in [0.2, 0.25) is 11.8 Å². The normalized spacial score (nSPS) is 20.0. The molecule has 0 unspecified atom stereocenters. The molecule has 1 fully saturated rings. The maximum Gasteiger partial charge on any atom is 0.264 e. The summed E-state index contributed by atoms with van der Waals surface area (Å²) in [6.07, 6.45) is 2.88. The number of nitrogens with zero attached hydrogens (tertiary/aromatic N) is 2. The Bertz CT molecular complexity index is 729. The van der Waals surface area contributed by atoms with Crippen LogP contribution in [0, 0.1) is 0 Å². The molecule has 0 aromatic carbocycles. The zero-order valence-electron chi connectivity index (χ0n) is 13.7. The van der Waals surface area contributed by atoms with Crippen molar-refractivity contribution in [2.75, 3.05) is 13.2 Å². The maximum absolute atomic E-state index is 12.2. The van der Waals surface area contributed by atoms with Crippen LogP contribution in [0.3, 0.4) is 0 Å². The van der Waals surface area contributed by atoms with E-state index in [4.69, 9.17) is 9.47 Å². The molecule has 1 aliphatic heterocycles. The Labute approximate surface area is 144 Å². The van der Waals surface area contributed by atoms with Gasteiger partial charge in [-0.05, 0) is 12.1 Å². The van der Waals surface area contributed by atoms with Crippen molar-refractivity contribution in [2.45, 2.75) is 31.4 Å². The van der Waals surface area contributed by atoms with Crippen LogP contribution in [0.4, 0.5) is 0 Å². The van der Waals surface area contributed by atoms with Crippen molar-refractivity contribution in [1.82, 2.24) is 20.5 Å². The van der Waals surface area contributed by atoms with Crippen molar-refractivity contribution in [3.63, 3.8) is 0 Å². The molecule has 0 saturated carbocycles. The summed E-state index contributed by atoms with van der Waals surface area (Å²) in [5.41, 5.74) is 0.401. The molecular formula is C17H20N4O4. The minimum absolute atomic E-state index is 0.113. The fourth-order valence-electron chi connectivity index (χ4n) is 2.60. The molecule has 2 N–H and O–H groups in total. The second kappa shape index (κ2) is 8.39. The standard InChI is InChI=1S/C17H20N4O4/c22-15(6-4-12-5-7-16(23)21-20-12)19-13-11-24-10-8-14(13)25-17-3-1-2-9-18-17/h1-3,5,7,9,13-14H,4,6,8,10-11H2,(H,19,22)(H,21,23)/t13-,14-/m1/s1. The molecule has 3 heterocycles. The van der Waals surface area contributed by atoms with Crippen LogP contribution in [0.25, 0.3) is 0 Å². The molecular weight excluding hydrogens is 324 g/mol. The number of aromatic amines is 1. The summed E-state index contributed by atoms with van der Waals surface area (Å²) in [7, 11) is 0. The molecule has 2 aromatic heterocycles. The van der Waals surface area contributed by atoms with Gasteiger partial charge >= 0.3 is 0 Å². The number of nitrogens with one attached hydrogen (secondary N) is 2. The Balaban J connectivity index is 1.52. The summed E-state index contributed by atoms with van der Waals surface area (Å²) < 4.78 is 11.3. The third-order valence-corrected chi connectivity index (χ3v) is 3.89. The first-order valence-corrected chi connectivity index (χ1v) is 8.20. The van der Waals surface area contributed by atoms with E-state index in [1.807, 2.05) is 12.1 Å². The van der Waals surface area contributed by atoms with Crippen molar-refractivity contribution in [1.29, 1.82) is 0 Å². The summed E-state index contributed by atoms with van der Waals surface area (Å²) in [4.78, 5) is 27.3. The third kappa shape index (κ3) is 5.12. The highest BCUT2D eigenvalue weighted by Crippen LogP contribution is 2.16. The molecule has 132 valence electrons. The fourth-order valence-corrected chi connectivity index (χ4v) is 2.60. The van der Waals surface area contributed by atoms with Gasteiger partial charge in [-0.15, -0.1) is 0 Å². The van der Waals surface area contributed by atoms with Crippen LogP contribution in [0.2, 0.25) is 0 Å². The van der Waals surface area contributed by atoms with Crippen molar-refractivity contribution in [3.8, 4) is 5.88 Å². The highest BCUT2D eigenvalue weighted by molar-refractivity contribution is 5.76. The first kappa shape index (κ1) is 17.1. The highest BCUT2D eigenvalue weighted by Gasteiger charge is 2.29. The molecule has 0 aliphatic carbocycles. The van der Waals surface area contributed by atoms with Gasteiger partial charge < -0.3 is 14.8 Å². The first-order chi connectivity index (χ1) is 12.2. The van der Waals surface area contributed by atoms with E-state index in [0.29, 0.717) is 37.6 Å². The van der Waals surface area contributed by atoms with Crippen molar-refractivity contribution in [2.24, 2.45) is 0 Å². The minimum Gasteiger partial charge on any atom is -0.472 e. The van der Waals surface area contributed by atoms with E-state index in [1.165, 1.54) is 6.07 Å². The largest absolute Gasteiger partial charge is 0.472 e. The molecule has 8 heteroatoms. The quantitative estimate of drug-likeness (QED) is 0.788. The molecule has 0 spiro atoms. The molecule has 1 aliphatic rings. The van der Waals surface area contributed by atoms with Gasteiger partial charge in [0, 0.05) is 37.6 Å². The van der Waals surface area contributed by atoms with Gasteiger partial charge in [0.25, 0.3) is 5.56 Å². The zero-order valence-corrected chi connectivity index (χ0v) is 13.7. The molecule has 0 bridgehead atoms. The lowest BCUT2D eigenvalue weighted by Gasteiger charge is -2.32. The number of carbonyl (C=O) groups excluding carboxylic acids is 1. The Morgan fingerprint density at radius 1 is 1.36 bits per heavy atom. The Morgan fingerprint density at radius 3 is 3.04 bits per heavy atom. The highest BCUT2D eigenvalue weighted by atomic mass is 16.5. The molecule has 3 rings (SSSR count). The Morgan fingerprint density at radius 2 is 2.28 bits per heavy atom. The average molecular weight is 344 g/mol. The number of pyridine rings is 1. The predicted octanol–water partition coefficient (Wildman–Crippen LogP) is 0.450. The summed E-state index contributed by atoms with van der Waals surface area (Å²) >= 11 is 0. The molecule has 2 aromatic rings. The van der Waals surface area contributed by atoms with Crippen molar-refractivity contribution in [3.05, 3.63) is 52.6 Å². The summed E-state index contributed by atoms with van der Waals surface area (Å²) in [6, 6.07) is 8.24. The SMILES string of the molecule is O=C(CCc1ccc(=O)[nH]n1)N[C@@H]1COCC[C@H]1Oc1ccccn1. The van der Waals surface area contributed by atoms with Gasteiger partial charge in [-0.1, -0.05) is 6.07 Å². The molecule has 25 heavy (non-hydrogen) atoms. The molecule has 2 atom stereocenters. The van der Waals surface area contributed by atoms with Crippen LogP contribution < -0.4 is 15.6 Å². The van der Waals surface area contributed by atoms with E-state index in [-0.39, 0.29) is 30.0 Å².